The number of carbonyl (C=O) groups excluding carboxylic acids is 2. The van der Waals surface area contributed by atoms with Gasteiger partial charge in [-0.15, -0.1) is 0 Å². The number of hydrogen-bond donors (Lipinski definition) is 0. The van der Waals surface area contributed by atoms with E-state index in [0.29, 0.717) is 11.4 Å². The minimum atomic E-state index is -4.45. The molecule has 0 N–H and O–H groups in total. The van der Waals surface area contributed by atoms with Crippen molar-refractivity contribution in [1.82, 2.24) is 14.8 Å². The van der Waals surface area contributed by atoms with E-state index in [-0.39, 0.29) is 25.7 Å². The molecule has 0 radical (unpaired) electrons. The van der Waals surface area contributed by atoms with Crippen LogP contribution in [-0.4, -0.2) is 65.1 Å². The van der Waals surface area contributed by atoms with Gasteiger partial charge in [-0.1, -0.05) is 6.42 Å². The second kappa shape index (κ2) is 8.14. The van der Waals surface area contributed by atoms with Crippen molar-refractivity contribution in [3.63, 3.8) is 0 Å². The number of pyridine rings is 1. The highest BCUT2D eigenvalue weighted by molar-refractivity contribution is 5.97. The Bertz CT molecular complexity index is 690. The lowest BCUT2D eigenvalue weighted by molar-refractivity contribution is -0.164. The molecule has 1 aliphatic heterocycles. The number of alkyl halides is 3. The van der Waals surface area contributed by atoms with Crippen LogP contribution < -0.4 is 4.74 Å². The molecule has 1 aromatic heterocycles. The number of piperazine rings is 1. The van der Waals surface area contributed by atoms with Crippen LogP contribution in [0, 0.1) is 0 Å². The van der Waals surface area contributed by atoms with Crippen molar-refractivity contribution >= 4 is 11.8 Å². The van der Waals surface area contributed by atoms with E-state index >= 15 is 0 Å². The molecule has 2 amide bonds. The summed E-state index contributed by atoms with van der Waals surface area (Å²) in [5.41, 5.74) is 0.313. The van der Waals surface area contributed by atoms with Gasteiger partial charge in [-0.05, 0) is 31.7 Å². The summed E-state index contributed by atoms with van der Waals surface area (Å²) in [6.07, 6.45) is 2.42. The fourth-order valence-electron chi connectivity index (χ4n) is 3.41. The van der Waals surface area contributed by atoms with Crippen LogP contribution in [0.1, 0.15) is 42.5 Å². The second-order valence-corrected chi connectivity index (χ2v) is 6.92. The average Bonchev–Trinajstić information content (AvgIpc) is 2.63. The van der Waals surface area contributed by atoms with E-state index in [1.165, 1.54) is 29.7 Å². The number of hydrogen-bond acceptors (Lipinski definition) is 4. The Labute approximate surface area is 155 Å². The maximum absolute atomic E-state index is 12.6. The molecule has 2 fully saturated rings. The van der Waals surface area contributed by atoms with Crippen LogP contribution >= 0.6 is 0 Å². The highest BCUT2D eigenvalue weighted by Gasteiger charge is 2.36. The third-order valence-corrected chi connectivity index (χ3v) is 4.80. The average molecular weight is 385 g/mol. The predicted molar refractivity (Wildman–Crippen MR) is 90.3 cm³/mol. The molecule has 3 rings (SSSR count). The smallest absolute Gasteiger partial charge is 0.406 e. The summed E-state index contributed by atoms with van der Waals surface area (Å²) in [6.45, 7) is -1.74. The zero-order chi connectivity index (χ0) is 19.4. The minimum Gasteiger partial charge on any atom is -0.474 e. The van der Waals surface area contributed by atoms with Crippen molar-refractivity contribution in [2.75, 3.05) is 26.2 Å². The maximum Gasteiger partial charge on any atom is 0.406 e. The van der Waals surface area contributed by atoms with Gasteiger partial charge in [-0.25, -0.2) is 4.98 Å². The molecule has 6 nitrogen and oxygen atoms in total. The van der Waals surface area contributed by atoms with Gasteiger partial charge in [0.1, 0.15) is 19.2 Å². The Morgan fingerprint density at radius 2 is 1.96 bits per heavy atom. The van der Waals surface area contributed by atoms with Crippen LogP contribution in [0.2, 0.25) is 0 Å². The zero-order valence-corrected chi connectivity index (χ0v) is 14.9. The van der Waals surface area contributed by atoms with Crippen LogP contribution in [-0.2, 0) is 4.79 Å². The number of carbonyl (C=O) groups is 2. The summed E-state index contributed by atoms with van der Waals surface area (Å²) in [4.78, 5) is 30.7. The number of rotatable bonds is 4. The topological polar surface area (TPSA) is 62.7 Å². The van der Waals surface area contributed by atoms with Crippen molar-refractivity contribution in [2.24, 2.45) is 0 Å². The second-order valence-electron chi connectivity index (χ2n) is 6.92. The van der Waals surface area contributed by atoms with Crippen LogP contribution in [0.25, 0.3) is 0 Å². The fraction of sp³-hybridized carbons (Fsp3) is 0.611. The summed E-state index contributed by atoms with van der Waals surface area (Å²) in [6, 6.07) is 3.05. The lowest BCUT2D eigenvalue weighted by Crippen LogP contribution is -2.54. The maximum atomic E-state index is 12.6. The van der Waals surface area contributed by atoms with Crippen LogP contribution in [0.5, 0.6) is 5.88 Å². The molecule has 148 valence electrons. The van der Waals surface area contributed by atoms with Gasteiger partial charge in [0, 0.05) is 30.9 Å². The van der Waals surface area contributed by atoms with Gasteiger partial charge < -0.3 is 14.5 Å². The van der Waals surface area contributed by atoms with Crippen molar-refractivity contribution in [3.05, 3.63) is 23.9 Å². The summed E-state index contributed by atoms with van der Waals surface area (Å²) in [5, 5.41) is 0. The van der Waals surface area contributed by atoms with E-state index in [1.807, 2.05) is 0 Å². The number of aromatic nitrogens is 1. The molecule has 0 aromatic carbocycles. The molecule has 1 aliphatic carbocycles. The van der Waals surface area contributed by atoms with Gasteiger partial charge in [0.25, 0.3) is 5.91 Å². The van der Waals surface area contributed by atoms with Gasteiger partial charge in [0.15, 0.2) is 0 Å². The highest BCUT2D eigenvalue weighted by Crippen LogP contribution is 2.23. The molecule has 1 saturated carbocycles. The third kappa shape index (κ3) is 5.33. The molecule has 1 saturated heterocycles. The van der Waals surface area contributed by atoms with Crippen LogP contribution in [0.4, 0.5) is 13.2 Å². The van der Waals surface area contributed by atoms with Gasteiger partial charge in [0.2, 0.25) is 11.8 Å². The molecular weight excluding hydrogens is 363 g/mol. The van der Waals surface area contributed by atoms with E-state index in [9.17, 15) is 22.8 Å². The number of nitrogens with zero attached hydrogens (tertiary/aromatic N) is 3. The van der Waals surface area contributed by atoms with E-state index in [0.717, 1.165) is 30.6 Å². The highest BCUT2D eigenvalue weighted by atomic mass is 19.4. The van der Waals surface area contributed by atoms with Gasteiger partial charge in [0.05, 0.1) is 0 Å². The molecular formula is C18H22F3N3O3. The predicted octanol–water partition coefficient (Wildman–Crippen LogP) is 2.64. The van der Waals surface area contributed by atoms with Gasteiger partial charge >= 0.3 is 6.18 Å². The molecule has 0 unspecified atom stereocenters. The van der Waals surface area contributed by atoms with E-state index < -0.39 is 24.5 Å². The summed E-state index contributed by atoms with van der Waals surface area (Å²) in [7, 11) is 0. The Morgan fingerprint density at radius 1 is 1.22 bits per heavy atom. The zero-order valence-electron chi connectivity index (χ0n) is 14.9. The first-order valence-corrected chi connectivity index (χ1v) is 9.08. The Morgan fingerprint density at radius 3 is 2.63 bits per heavy atom. The Kier molecular flexibility index (Phi) is 5.86. The molecule has 2 aliphatic rings. The lowest BCUT2D eigenvalue weighted by Gasteiger charge is -2.34. The van der Waals surface area contributed by atoms with Gasteiger partial charge in [-0.2, -0.15) is 13.2 Å². The molecule has 1 aromatic rings. The van der Waals surface area contributed by atoms with Crippen LogP contribution in [0.3, 0.4) is 0 Å². The van der Waals surface area contributed by atoms with Gasteiger partial charge in [-0.3, -0.25) is 9.59 Å². The van der Waals surface area contributed by atoms with Crippen molar-refractivity contribution in [2.45, 2.75) is 44.4 Å². The quantitative estimate of drug-likeness (QED) is 0.800. The van der Waals surface area contributed by atoms with Crippen molar-refractivity contribution in [3.8, 4) is 5.88 Å². The molecule has 27 heavy (non-hydrogen) atoms. The normalized spacial score (nSPS) is 19.3. The molecule has 0 spiro atoms. The fourth-order valence-corrected chi connectivity index (χ4v) is 3.41. The molecule has 0 bridgehead atoms. The molecule has 9 heteroatoms. The van der Waals surface area contributed by atoms with E-state index in [4.69, 9.17) is 4.74 Å². The summed E-state index contributed by atoms with van der Waals surface area (Å²) < 4.78 is 43.3. The lowest BCUT2D eigenvalue weighted by atomic mass is 9.98. The van der Waals surface area contributed by atoms with Crippen molar-refractivity contribution < 1.29 is 27.5 Å². The number of halogens is 3. The third-order valence-electron chi connectivity index (χ3n) is 4.80. The first kappa shape index (κ1) is 19.4. The molecule has 2 heterocycles. The Balaban J connectivity index is 1.61. The van der Waals surface area contributed by atoms with E-state index in [2.05, 4.69) is 4.98 Å². The largest absolute Gasteiger partial charge is 0.474 e. The Hall–Kier alpha value is -2.32. The standard InChI is InChI=1S/C18H22F3N3O3/c19-18(20,21)12-24-9-8-23(11-16(24)25)17(26)13-6-7-22-15(10-13)27-14-4-2-1-3-5-14/h6-7,10,14H,1-5,8-9,11-12H2. The van der Waals surface area contributed by atoms with Crippen LogP contribution in [0.15, 0.2) is 18.3 Å². The van der Waals surface area contributed by atoms with E-state index in [1.54, 1.807) is 0 Å². The number of ether oxygens (including phenoxy) is 1. The first-order chi connectivity index (χ1) is 12.8. The summed E-state index contributed by atoms with van der Waals surface area (Å²) >= 11 is 0. The summed E-state index contributed by atoms with van der Waals surface area (Å²) in [5.74, 6) is -0.764. The number of amides is 2. The van der Waals surface area contributed by atoms with Crippen molar-refractivity contribution in [1.29, 1.82) is 0 Å². The minimum absolute atomic E-state index is 0.0573. The SMILES string of the molecule is O=C1CN(C(=O)c2ccnc(OC3CCCCC3)c2)CCN1CC(F)(F)F. The first-order valence-electron chi connectivity index (χ1n) is 9.08. The monoisotopic (exact) mass is 385 g/mol. The molecule has 0 atom stereocenters.